The van der Waals surface area contributed by atoms with E-state index in [9.17, 15) is 9.59 Å². The van der Waals surface area contributed by atoms with Gasteiger partial charge in [-0.05, 0) is 85.6 Å². The fourth-order valence-corrected chi connectivity index (χ4v) is 4.80. The monoisotopic (exact) mass is 574 g/mol. The minimum atomic E-state index is -0.382. The molecule has 9 nitrogen and oxygen atoms in total. The molecule has 0 spiro atoms. The molecule has 212 valence electrons. The van der Waals surface area contributed by atoms with Gasteiger partial charge in [-0.2, -0.15) is 0 Å². The maximum atomic E-state index is 13.4. The second-order valence-corrected chi connectivity index (χ2v) is 10.1. The molecule has 1 aliphatic heterocycles. The molecule has 1 saturated heterocycles. The number of nitrogens with one attached hydrogen (secondary N) is 1. The predicted octanol–water partition coefficient (Wildman–Crippen LogP) is 5.47. The van der Waals surface area contributed by atoms with Gasteiger partial charge in [0.2, 0.25) is 11.9 Å². The first kappa shape index (κ1) is 28.2. The molecule has 0 bridgehead atoms. The van der Waals surface area contributed by atoms with Gasteiger partial charge in [-0.25, -0.2) is 4.98 Å². The summed E-state index contributed by atoms with van der Waals surface area (Å²) >= 11 is 6.02. The second-order valence-electron chi connectivity index (χ2n) is 9.62. The van der Waals surface area contributed by atoms with Gasteiger partial charge in [0.15, 0.2) is 0 Å². The first-order valence-electron chi connectivity index (χ1n) is 13.3. The topological polar surface area (TPSA) is 94.9 Å². The van der Waals surface area contributed by atoms with Crippen molar-refractivity contribution < 1.29 is 23.8 Å². The van der Waals surface area contributed by atoms with E-state index in [-0.39, 0.29) is 24.5 Å². The van der Waals surface area contributed by atoms with E-state index in [1.165, 1.54) is 4.90 Å². The number of methoxy groups -OCH3 is 2. The number of ether oxygens (including phenoxy) is 3. The number of carbonyl (C=O) groups is 2. The summed E-state index contributed by atoms with van der Waals surface area (Å²) in [6, 6.07) is 21.6. The van der Waals surface area contributed by atoms with Gasteiger partial charge in [-0.3, -0.25) is 19.5 Å². The number of aromatic nitrogens is 2. The molecule has 1 atom stereocenters. The number of hydrogen-bond acceptors (Lipinski definition) is 6. The molecule has 0 radical (unpaired) electrons. The van der Waals surface area contributed by atoms with Crippen LogP contribution in [0, 0.1) is 0 Å². The zero-order chi connectivity index (χ0) is 28.8. The van der Waals surface area contributed by atoms with Crippen molar-refractivity contribution in [1.29, 1.82) is 0 Å². The van der Waals surface area contributed by atoms with E-state index in [2.05, 4.69) is 5.32 Å². The molecule has 41 heavy (non-hydrogen) atoms. The van der Waals surface area contributed by atoms with Gasteiger partial charge in [0.05, 0.1) is 26.0 Å². The van der Waals surface area contributed by atoms with Crippen LogP contribution in [0.5, 0.6) is 11.5 Å². The van der Waals surface area contributed by atoms with Crippen LogP contribution in [0.1, 0.15) is 23.2 Å². The number of halogens is 1. The molecule has 1 fully saturated rings. The first-order chi connectivity index (χ1) is 19.9. The van der Waals surface area contributed by atoms with Gasteiger partial charge in [-0.1, -0.05) is 11.6 Å². The van der Waals surface area contributed by atoms with Crippen molar-refractivity contribution in [3.05, 3.63) is 89.6 Å². The molecule has 0 saturated carbocycles. The molecule has 1 unspecified atom stereocenters. The summed E-state index contributed by atoms with van der Waals surface area (Å²) in [5.41, 5.74) is 2.74. The summed E-state index contributed by atoms with van der Waals surface area (Å²) in [5.74, 6) is 1.10. The molecule has 2 heterocycles. The summed E-state index contributed by atoms with van der Waals surface area (Å²) in [6.45, 7) is 0.779. The molecule has 3 aromatic carbocycles. The highest BCUT2D eigenvalue weighted by Gasteiger charge is 2.26. The van der Waals surface area contributed by atoms with Crippen molar-refractivity contribution >= 4 is 29.4 Å². The maximum Gasteiger partial charge on any atom is 0.254 e. The first-order valence-corrected chi connectivity index (χ1v) is 13.7. The van der Waals surface area contributed by atoms with Crippen molar-refractivity contribution in [2.24, 2.45) is 0 Å². The number of imidazole rings is 1. The third-order valence-electron chi connectivity index (χ3n) is 6.85. The Labute approximate surface area is 243 Å². The molecule has 0 aliphatic carbocycles. The Kier molecular flexibility index (Phi) is 8.86. The molecule has 1 N–H and O–H groups in total. The maximum absolute atomic E-state index is 13.4. The number of rotatable bonds is 10. The van der Waals surface area contributed by atoms with Gasteiger partial charge < -0.3 is 19.1 Å². The fourth-order valence-electron chi connectivity index (χ4n) is 4.67. The average Bonchev–Trinajstić information content (AvgIpc) is 3.67. The number of amides is 2. The number of carbonyl (C=O) groups excluding carboxylic acids is 2. The lowest BCUT2D eigenvalue weighted by molar-refractivity contribution is -0.117. The van der Waals surface area contributed by atoms with Gasteiger partial charge in [0, 0.05) is 41.2 Å². The van der Waals surface area contributed by atoms with Crippen LogP contribution >= 0.6 is 11.6 Å². The van der Waals surface area contributed by atoms with Crippen molar-refractivity contribution in [3.63, 3.8) is 0 Å². The average molecular weight is 575 g/mol. The smallest absolute Gasteiger partial charge is 0.254 e. The van der Waals surface area contributed by atoms with Crippen molar-refractivity contribution in [1.82, 2.24) is 14.5 Å². The fraction of sp³-hybridized carbons (Fsp3) is 0.258. The van der Waals surface area contributed by atoms with E-state index in [0.717, 1.165) is 29.8 Å². The Morgan fingerprint density at radius 2 is 1.66 bits per heavy atom. The highest BCUT2D eigenvalue weighted by Crippen LogP contribution is 2.27. The largest absolute Gasteiger partial charge is 0.497 e. The third kappa shape index (κ3) is 6.87. The molecular weight excluding hydrogens is 544 g/mol. The van der Waals surface area contributed by atoms with Crippen LogP contribution in [0.4, 0.5) is 5.95 Å². The lowest BCUT2D eigenvalue weighted by Crippen LogP contribution is -2.42. The zero-order valence-electron chi connectivity index (χ0n) is 22.9. The molecule has 5 rings (SSSR count). The summed E-state index contributed by atoms with van der Waals surface area (Å²) in [5, 5.41) is 3.45. The van der Waals surface area contributed by atoms with E-state index < -0.39 is 0 Å². The highest BCUT2D eigenvalue weighted by atomic mass is 35.5. The number of hydrogen-bond donors (Lipinski definition) is 1. The van der Waals surface area contributed by atoms with E-state index in [0.29, 0.717) is 41.1 Å². The predicted molar refractivity (Wildman–Crippen MR) is 157 cm³/mol. The van der Waals surface area contributed by atoms with E-state index in [1.807, 2.05) is 54.7 Å². The van der Waals surface area contributed by atoms with Gasteiger partial charge in [0.1, 0.15) is 18.0 Å². The Balaban J connectivity index is 1.41. The minimum absolute atomic E-state index is 0.123. The zero-order valence-corrected chi connectivity index (χ0v) is 23.6. The normalized spacial score (nSPS) is 14.5. The molecule has 1 aromatic heterocycles. The van der Waals surface area contributed by atoms with Crippen molar-refractivity contribution in [2.45, 2.75) is 18.9 Å². The van der Waals surface area contributed by atoms with Crippen LogP contribution in [0.15, 0.2) is 79.0 Å². The van der Waals surface area contributed by atoms with Crippen LogP contribution in [0.2, 0.25) is 5.02 Å². The van der Waals surface area contributed by atoms with Crippen molar-refractivity contribution in [3.8, 4) is 28.4 Å². The Bertz CT molecular complexity index is 1480. The van der Waals surface area contributed by atoms with Crippen LogP contribution in [-0.2, 0) is 9.53 Å². The summed E-state index contributed by atoms with van der Waals surface area (Å²) in [6.07, 6.45) is 3.48. The lowest BCUT2D eigenvalue weighted by atomic mass is 10.1. The van der Waals surface area contributed by atoms with Gasteiger partial charge in [-0.15, -0.1) is 0 Å². The van der Waals surface area contributed by atoms with Gasteiger partial charge in [0.25, 0.3) is 5.91 Å². The molecule has 2 amide bonds. The van der Waals surface area contributed by atoms with E-state index >= 15 is 0 Å². The van der Waals surface area contributed by atoms with Crippen LogP contribution in [-0.4, -0.2) is 66.3 Å². The van der Waals surface area contributed by atoms with E-state index in [4.69, 9.17) is 30.8 Å². The molecule has 1 aliphatic rings. The Morgan fingerprint density at radius 3 is 2.27 bits per heavy atom. The van der Waals surface area contributed by atoms with Crippen molar-refractivity contribution in [2.75, 3.05) is 39.2 Å². The Morgan fingerprint density at radius 1 is 1.00 bits per heavy atom. The second kappa shape index (κ2) is 12.9. The third-order valence-corrected chi connectivity index (χ3v) is 7.11. The minimum Gasteiger partial charge on any atom is -0.497 e. The van der Waals surface area contributed by atoms with Crippen LogP contribution in [0.3, 0.4) is 0 Å². The standard InChI is InChI=1S/C31H31ClN4O5/c1-39-25-13-7-21(8-14-25)28-19-36(24-11-15-26(40-2)16-12-24)31(33-28)34-29(37)20-35(18-27-4-3-17-41-27)30(38)22-5-9-23(32)10-6-22/h5-16,19,27H,3-4,17-18,20H2,1-2H3,(H,33,34,37). The lowest BCUT2D eigenvalue weighted by Gasteiger charge is -2.25. The number of benzene rings is 3. The van der Waals surface area contributed by atoms with Crippen LogP contribution < -0.4 is 14.8 Å². The number of nitrogens with zero attached hydrogens (tertiary/aromatic N) is 3. The van der Waals surface area contributed by atoms with Crippen LogP contribution in [0.25, 0.3) is 16.9 Å². The summed E-state index contributed by atoms with van der Waals surface area (Å²) in [7, 11) is 3.22. The molecular formula is C31H31ClN4O5. The summed E-state index contributed by atoms with van der Waals surface area (Å²) in [4.78, 5) is 33.1. The van der Waals surface area contributed by atoms with E-state index in [1.54, 1.807) is 43.1 Å². The van der Waals surface area contributed by atoms with Gasteiger partial charge >= 0.3 is 0 Å². The molecule has 4 aromatic rings. The quantitative estimate of drug-likeness (QED) is 0.270. The highest BCUT2D eigenvalue weighted by molar-refractivity contribution is 6.30. The SMILES string of the molecule is COc1ccc(-c2cn(-c3ccc(OC)cc3)c(NC(=O)CN(CC3CCCO3)C(=O)c3ccc(Cl)cc3)n2)cc1. The molecule has 10 heteroatoms. The number of anilines is 1. The Hall–Kier alpha value is -4.34. The summed E-state index contributed by atoms with van der Waals surface area (Å²) < 4.78 is 18.1.